The van der Waals surface area contributed by atoms with E-state index < -0.39 is 0 Å². The van der Waals surface area contributed by atoms with Crippen molar-refractivity contribution in [1.82, 2.24) is 14.9 Å². The fraction of sp³-hybridized carbons (Fsp3) is 0.688. The SMILES string of the molecule is O=C1CC[C@@]2(CCCN(c3cnccn3)C2)CN1CCCO. The minimum Gasteiger partial charge on any atom is -0.396 e. The van der Waals surface area contributed by atoms with Gasteiger partial charge in [0.1, 0.15) is 5.82 Å². The summed E-state index contributed by atoms with van der Waals surface area (Å²) in [5.41, 5.74) is 0.166. The fourth-order valence-electron chi connectivity index (χ4n) is 3.76. The molecule has 0 radical (unpaired) electrons. The predicted molar refractivity (Wildman–Crippen MR) is 83.4 cm³/mol. The van der Waals surface area contributed by atoms with Crippen molar-refractivity contribution in [3.63, 3.8) is 0 Å². The number of anilines is 1. The molecule has 6 nitrogen and oxygen atoms in total. The molecule has 22 heavy (non-hydrogen) atoms. The topological polar surface area (TPSA) is 69.6 Å². The molecule has 0 unspecified atom stereocenters. The molecule has 0 saturated carbocycles. The van der Waals surface area contributed by atoms with E-state index in [9.17, 15) is 4.79 Å². The van der Waals surface area contributed by atoms with Crippen LogP contribution in [-0.4, -0.2) is 58.7 Å². The summed E-state index contributed by atoms with van der Waals surface area (Å²) in [5.74, 6) is 1.16. The van der Waals surface area contributed by atoms with Gasteiger partial charge in [-0.25, -0.2) is 4.98 Å². The van der Waals surface area contributed by atoms with Crippen LogP contribution >= 0.6 is 0 Å². The molecule has 1 atom stereocenters. The number of hydrogen-bond donors (Lipinski definition) is 1. The van der Waals surface area contributed by atoms with Gasteiger partial charge in [0.2, 0.25) is 5.91 Å². The lowest BCUT2D eigenvalue weighted by atomic mass is 9.73. The van der Waals surface area contributed by atoms with Crippen LogP contribution < -0.4 is 4.90 Å². The van der Waals surface area contributed by atoms with E-state index in [1.807, 2.05) is 11.1 Å². The Morgan fingerprint density at radius 3 is 2.95 bits per heavy atom. The standard InChI is InChI=1S/C16H24N4O2/c21-10-2-9-20-13-16(5-3-15(20)22)4-1-8-19(12-16)14-11-17-6-7-18-14/h6-7,11,21H,1-5,8-10,12-13H2/t16-/m1/s1. The Morgan fingerprint density at radius 1 is 1.27 bits per heavy atom. The van der Waals surface area contributed by atoms with Crippen LogP contribution in [0.3, 0.4) is 0 Å². The smallest absolute Gasteiger partial charge is 0.222 e. The zero-order valence-electron chi connectivity index (χ0n) is 12.9. The summed E-state index contributed by atoms with van der Waals surface area (Å²) < 4.78 is 0. The van der Waals surface area contributed by atoms with E-state index in [2.05, 4.69) is 14.9 Å². The zero-order valence-corrected chi connectivity index (χ0v) is 12.9. The minimum absolute atomic E-state index is 0.141. The molecule has 120 valence electrons. The first-order valence-electron chi connectivity index (χ1n) is 8.12. The fourth-order valence-corrected chi connectivity index (χ4v) is 3.76. The molecule has 0 aliphatic carbocycles. The molecule has 1 N–H and O–H groups in total. The summed E-state index contributed by atoms with van der Waals surface area (Å²) in [7, 11) is 0. The van der Waals surface area contributed by atoms with Crippen molar-refractivity contribution < 1.29 is 9.90 Å². The van der Waals surface area contributed by atoms with Crippen molar-refractivity contribution in [2.45, 2.75) is 32.1 Å². The lowest BCUT2D eigenvalue weighted by Gasteiger charge is -2.48. The first kappa shape index (κ1) is 15.2. The number of amides is 1. The Kier molecular flexibility index (Phi) is 4.57. The maximum atomic E-state index is 12.1. The highest BCUT2D eigenvalue weighted by Gasteiger charge is 2.41. The Bertz CT molecular complexity index is 510. The second-order valence-electron chi connectivity index (χ2n) is 6.48. The van der Waals surface area contributed by atoms with Crippen molar-refractivity contribution in [2.75, 3.05) is 37.7 Å². The number of carbonyl (C=O) groups excluding carboxylic acids is 1. The predicted octanol–water partition coefficient (Wildman–Crippen LogP) is 1.07. The first-order valence-corrected chi connectivity index (χ1v) is 8.12. The number of nitrogens with zero attached hydrogens (tertiary/aromatic N) is 4. The van der Waals surface area contributed by atoms with Gasteiger partial charge >= 0.3 is 0 Å². The molecule has 3 rings (SSSR count). The highest BCUT2D eigenvalue weighted by atomic mass is 16.3. The van der Waals surface area contributed by atoms with E-state index in [0.717, 1.165) is 44.7 Å². The van der Waals surface area contributed by atoms with Gasteiger partial charge in [0.25, 0.3) is 0 Å². The van der Waals surface area contributed by atoms with Gasteiger partial charge in [-0.3, -0.25) is 9.78 Å². The Labute approximate surface area is 131 Å². The third-order valence-electron chi connectivity index (χ3n) is 4.87. The summed E-state index contributed by atoms with van der Waals surface area (Å²) in [6, 6.07) is 0. The monoisotopic (exact) mass is 304 g/mol. The third-order valence-corrected chi connectivity index (χ3v) is 4.87. The van der Waals surface area contributed by atoms with Gasteiger partial charge in [0.15, 0.2) is 0 Å². The van der Waals surface area contributed by atoms with E-state index in [4.69, 9.17) is 5.11 Å². The minimum atomic E-state index is 0.141. The number of aliphatic hydroxyl groups is 1. The maximum absolute atomic E-state index is 12.1. The summed E-state index contributed by atoms with van der Waals surface area (Å²) in [4.78, 5) is 24.9. The second-order valence-corrected chi connectivity index (χ2v) is 6.48. The van der Waals surface area contributed by atoms with Crippen LogP contribution in [0.25, 0.3) is 0 Å². The Morgan fingerprint density at radius 2 is 2.18 bits per heavy atom. The second kappa shape index (κ2) is 6.60. The molecule has 2 aliphatic rings. The van der Waals surface area contributed by atoms with Gasteiger partial charge in [0.05, 0.1) is 6.20 Å². The van der Waals surface area contributed by atoms with Gasteiger partial charge in [-0.2, -0.15) is 0 Å². The van der Waals surface area contributed by atoms with Gasteiger partial charge in [0, 0.05) is 57.0 Å². The van der Waals surface area contributed by atoms with Crippen molar-refractivity contribution in [1.29, 1.82) is 0 Å². The summed E-state index contributed by atoms with van der Waals surface area (Å²) in [6.45, 7) is 3.56. The molecule has 1 amide bonds. The van der Waals surface area contributed by atoms with Crippen LogP contribution in [0, 0.1) is 5.41 Å². The van der Waals surface area contributed by atoms with Gasteiger partial charge < -0.3 is 14.9 Å². The molecular formula is C16H24N4O2. The summed E-state index contributed by atoms with van der Waals surface area (Å²) in [5, 5.41) is 9.01. The maximum Gasteiger partial charge on any atom is 0.222 e. The molecule has 1 aromatic rings. The van der Waals surface area contributed by atoms with Crippen LogP contribution in [0.1, 0.15) is 32.1 Å². The quantitative estimate of drug-likeness (QED) is 0.901. The lowest BCUT2D eigenvalue weighted by molar-refractivity contribution is -0.138. The van der Waals surface area contributed by atoms with E-state index in [-0.39, 0.29) is 17.9 Å². The molecule has 2 fully saturated rings. The molecule has 0 bridgehead atoms. The summed E-state index contributed by atoms with van der Waals surface area (Å²) >= 11 is 0. The Hall–Kier alpha value is -1.69. The normalized spacial score (nSPS) is 25.8. The highest BCUT2D eigenvalue weighted by molar-refractivity contribution is 5.77. The highest BCUT2D eigenvalue weighted by Crippen LogP contribution is 2.39. The number of likely N-dealkylation sites (tertiary alicyclic amines) is 1. The molecular weight excluding hydrogens is 280 g/mol. The summed E-state index contributed by atoms with van der Waals surface area (Å²) in [6.07, 6.45) is 9.77. The van der Waals surface area contributed by atoms with Gasteiger partial charge in [-0.05, 0) is 25.7 Å². The van der Waals surface area contributed by atoms with Crippen molar-refractivity contribution in [3.05, 3.63) is 18.6 Å². The van der Waals surface area contributed by atoms with Crippen LogP contribution in [0.5, 0.6) is 0 Å². The number of hydrogen-bond acceptors (Lipinski definition) is 5. The molecule has 0 aromatic carbocycles. The molecule has 1 aromatic heterocycles. The van der Waals surface area contributed by atoms with Gasteiger partial charge in [-0.1, -0.05) is 0 Å². The van der Waals surface area contributed by atoms with Crippen LogP contribution in [-0.2, 0) is 4.79 Å². The van der Waals surface area contributed by atoms with Crippen LogP contribution in [0.4, 0.5) is 5.82 Å². The van der Waals surface area contributed by atoms with Crippen molar-refractivity contribution in [3.8, 4) is 0 Å². The van der Waals surface area contributed by atoms with E-state index in [0.29, 0.717) is 19.4 Å². The van der Waals surface area contributed by atoms with E-state index >= 15 is 0 Å². The number of rotatable bonds is 4. The molecule has 6 heteroatoms. The molecule has 2 saturated heterocycles. The van der Waals surface area contributed by atoms with Crippen LogP contribution in [0.2, 0.25) is 0 Å². The average Bonchev–Trinajstić information content (AvgIpc) is 2.57. The Balaban J connectivity index is 1.71. The third kappa shape index (κ3) is 3.21. The molecule has 3 heterocycles. The number of aromatic nitrogens is 2. The zero-order chi connectivity index (χ0) is 15.4. The number of aliphatic hydroxyl groups excluding tert-OH is 1. The van der Waals surface area contributed by atoms with Crippen LogP contribution in [0.15, 0.2) is 18.6 Å². The van der Waals surface area contributed by atoms with Gasteiger partial charge in [-0.15, -0.1) is 0 Å². The average molecular weight is 304 g/mol. The number of piperidine rings is 2. The van der Waals surface area contributed by atoms with Crippen molar-refractivity contribution in [2.24, 2.45) is 5.41 Å². The molecule has 1 spiro atoms. The first-order chi connectivity index (χ1) is 10.7. The molecule has 2 aliphatic heterocycles. The largest absolute Gasteiger partial charge is 0.396 e. The number of carbonyl (C=O) groups is 1. The lowest BCUT2D eigenvalue weighted by Crippen LogP contribution is -2.54. The van der Waals surface area contributed by atoms with E-state index in [1.165, 1.54) is 0 Å². The van der Waals surface area contributed by atoms with E-state index in [1.54, 1.807) is 12.4 Å². The van der Waals surface area contributed by atoms with Crippen molar-refractivity contribution >= 4 is 11.7 Å².